The molecule has 1 N–H and O–H groups in total. The molecule has 0 aromatic heterocycles. The highest BCUT2D eigenvalue weighted by atomic mass is 16.5. The van der Waals surface area contributed by atoms with Gasteiger partial charge in [0.05, 0.1) is 11.7 Å². The van der Waals surface area contributed by atoms with Gasteiger partial charge in [-0.25, -0.2) is 0 Å². The third-order valence-corrected chi connectivity index (χ3v) is 4.11. The van der Waals surface area contributed by atoms with Gasteiger partial charge in [-0.1, -0.05) is 38.0 Å². The number of phenolic OH excluding ortho intramolecular Hbond substituents is 1. The molecule has 1 fully saturated rings. The van der Waals surface area contributed by atoms with Crippen molar-refractivity contribution in [2.75, 3.05) is 0 Å². The van der Waals surface area contributed by atoms with Crippen LogP contribution in [0.1, 0.15) is 51.5 Å². The van der Waals surface area contributed by atoms with Crippen molar-refractivity contribution in [2.45, 2.75) is 64.1 Å². The summed E-state index contributed by atoms with van der Waals surface area (Å²) < 4.78 is 6.30. The minimum atomic E-state index is 0.101. The molecule has 1 aliphatic rings. The van der Waals surface area contributed by atoms with E-state index in [0.29, 0.717) is 5.75 Å². The molecule has 0 saturated heterocycles. The van der Waals surface area contributed by atoms with E-state index in [1.54, 1.807) is 6.07 Å². The lowest BCUT2D eigenvalue weighted by atomic mass is 9.97. The summed E-state index contributed by atoms with van der Waals surface area (Å²) in [5, 5.41) is 9.79. The maximum Gasteiger partial charge on any atom is 0.118 e. The Morgan fingerprint density at radius 1 is 1.28 bits per heavy atom. The topological polar surface area (TPSA) is 29.5 Å². The Balaban J connectivity index is 1.96. The van der Waals surface area contributed by atoms with Crippen LogP contribution >= 0.6 is 0 Å². The molecule has 1 unspecified atom stereocenters. The zero-order valence-electron chi connectivity index (χ0n) is 11.5. The first-order valence-electron chi connectivity index (χ1n) is 7.10. The molecule has 1 aromatic rings. The van der Waals surface area contributed by atoms with Crippen molar-refractivity contribution >= 4 is 0 Å². The molecule has 0 bridgehead atoms. The lowest BCUT2D eigenvalue weighted by Crippen LogP contribution is -2.33. The lowest BCUT2D eigenvalue weighted by Gasteiger charge is -2.32. The summed E-state index contributed by atoms with van der Waals surface area (Å²) in [4.78, 5) is 0. The highest BCUT2D eigenvalue weighted by Gasteiger charge is 2.34. The van der Waals surface area contributed by atoms with Gasteiger partial charge in [0.1, 0.15) is 5.75 Å². The van der Waals surface area contributed by atoms with E-state index in [1.807, 2.05) is 18.2 Å². The van der Waals surface area contributed by atoms with Crippen LogP contribution in [0.25, 0.3) is 0 Å². The first-order chi connectivity index (χ1) is 8.65. The molecule has 2 rings (SSSR count). The highest BCUT2D eigenvalue weighted by molar-refractivity contribution is 5.32. The van der Waals surface area contributed by atoms with Gasteiger partial charge in [0.2, 0.25) is 0 Å². The molecule has 0 aliphatic heterocycles. The summed E-state index contributed by atoms with van der Waals surface area (Å²) in [6.45, 7) is 4.33. The van der Waals surface area contributed by atoms with E-state index in [2.05, 4.69) is 13.8 Å². The predicted molar refractivity (Wildman–Crippen MR) is 73.8 cm³/mol. The largest absolute Gasteiger partial charge is 0.508 e. The number of aromatic hydroxyl groups is 1. The Kier molecular flexibility index (Phi) is 4.28. The molecular weight excluding hydrogens is 224 g/mol. The van der Waals surface area contributed by atoms with Gasteiger partial charge in [-0.05, 0) is 37.8 Å². The van der Waals surface area contributed by atoms with Gasteiger partial charge in [0.15, 0.2) is 0 Å². The number of ether oxygens (including phenoxy) is 1. The van der Waals surface area contributed by atoms with Crippen molar-refractivity contribution in [3.8, 4) is 5.75 Å². The molecule has 1 aromatic carbocycles. The maximum atomic E-state index is 9.79. The van der Waals surface area contributed by atoms with E-state index in [1.165, 1.54) is 25.7 Å². The van der Waals surface area contributed by atoms with E-state index in [9.17, 15) is 5.11 Å². The van der Waals surface area contributed by atoms with Gasteiger partial charge in [0.25, 0.3) is 0 Å². The average molecular weight is 248 g/mol. The van der Waals surface area contributed by atoms with Crippen LogP contribution < -0.4 is 0 Å². The highest BCUT2D eigenvalue weighted by Crippen LogP contribution is 2.37. The van der Waals surface area contributed by atoms with E-state index >= 15 is 0 Å². The van der Waals surface area contributed by atoms with E-state index in [-0.39, 0.29) is 11.7 Å². The van der Waals surface area contributed by atoms with E-state index < -0.39 is 0 Å². The first kappa shape index (κ1) is 13.4. The van der Waals surface area contributed by atoms with Crippen molar-refractivity contribution in [2.24, 2.45) is 0 Å². The lowest BCUT2D eigenvalue weighted by molar-refractivity contribution is -0.0847. The number of phenols is 1. The zero-order valence-corrected chi connectivity index (χ0v) is 11.5. The molecule has 0 heterocycles. The van der Waals surface area contributed by atoms with Crippen LogP contribution in [-0.2, 0) is 11.2 Å². The third-order valence-electron chi connectivity index (χ3n) is 4.11. The van der Waals surface area contributed by atoms with Crippen LogP contribution in [0.5, 0.6) is 5.75 Å². The Morgan fingerprint density at radius 3 is 2.56 bits per heavy atom. The molecule has 1 saturated carbocycles. The standard InChI is InChI=1S/C16H24O2/c1-3-16(10-6-7-11-16)18-13(2)12-14-8-4-5-9-15(14)17/h4-5,8-9,13,17H,3,6-7,10-12H2,1-2H3. The first-order valence-corrected chi connectivity index (χ1v) is 7.10. The van der Waals surface area contributed by atoms with Crippen molar-refractivity contribution in [1.29, 1.82) is 0 Å². The summed E-state index contributed by atoms with van der Waals surface area (Å²) in [5.74, 6) is 0.380. The Bertz CT molecular complexity index is 380. The second-order valence-electron chi connectivity index (χ2n) is 5.50. The van der Waals surface area contributed by atoms with Crippen LogP contribution in [0, 0.1) is 0 Å². The SMILES string of the molecule is CCC1(OC(C)Cc2ccccc2O)CCCC1. The normalized spacial score (nSPS) is 19.9. The van der Waals surface area contributed by atoms with Gasteiger partial charge < -0.3 is 9.84 Å². The van der Waals surface area contributed by atoms with Gasteiger partial charge in [-0.2, -0.15) is 0 Å². The van der Waals surface area contributed by atoms with E-state index in [0.717, 1.165) is 18.4 Å². The van der Waals surface area contributed by atoms with Crippen LogP contribution in [0.4, 0.5) is 0 Å². The molecule has 0 spiro atoms. The Hall–Kier alpha value is -1.02. The summed E-state index contributed by atoms with van der Waals surface area (Å²) in [7, 11) is 0. The van der Waals surface area contributed by atoms with Gasteiger partial charge in [-0.3, -0.25) is 0 Å². The van der Waals surface area contributed by atoms with Crippen molar-refractivity contribution in [3.05, 3.63) is 29.8 Å². The van der Waals surface area contributed by atoms with Gasteiger partial charge in [0, 0.05) is 6.42 Å². The average Bonchev–Trinajstić information content (AvgIpc) is 2.81. The second-order valence-corrected chi connectivity index (χ2v) is 5.50. The number of rotatable bonds is 5. The third kappa shape index (κ3) is 3.05. The number of para-hydroxylation sites is 1. The minimum absolute atomic E-state index is 0.101. The van der Waals surface area contributed by atoms with Crippen molar-refractivity contribution in [3.63, 3.8) is 0 Å². The number of hydrogen-bond acceptors (Lipinski definition) is 2. The summed E-state index contributed by atoms with van der Waals surface area (Å²) in [6.07, 6.45) is 7.00. The van der Waals surface area contributed by atoms with Crippen LogP contribution in [-0.4, -0.2) is 16.8 Å². The van der Waals surface area contributed by atoms with Crippen LogP contribution in [0.2, 0.25) is 0 Å². The quantitative estimate of drug-likeness (QED) is 0.851. The Labute approximate surface area is 110 Å². The molecule has 2 heteroatoms. The van der Waals surface area contributed by atoms with Gasteiger partial charge >= 0.3 is 0 Å². The van der Waals surface area contributed by atoms with Crippen molar-refractivity contribution in [1.82, 2.24) is 0 Å². The Morgan fingerprint density at radius 2 is 1.94 bits per heavy atom. The monoisotopic (exact) mass is 248 g/mol. The summed E-state index contributed by atoms with van der Waals surface area (Å²) in [5.41, 5.74) is 1.08. The van der Waals surface area contributed by atoms with E-state index in [4.69, 9.17) is 4.74 Å². The maximum absolute atomic E-state index is 9.79. The molecule has 1 aliphatic carbocycles. The zero-order chi connectivity index (χ0) is 13.0. The number of hydrogen-bond donors (Lipinski definition) is 1. The predicted octanol–water partition coefficient (Wildman–Crippen LogP) is 4.06. The fourth-order valence-corrected chi connectivity index (χ4v) is 3.04. The molecule has 100 valence electrons. The smallest absolute Gasteiger partial charge is 0.118 e. The fraction of sp³-hybridized carbons (Fsp3) is 0.625. The molecule has 2 nitrogen and oxygen atoms in total. The molecule has 0 amide bonds. The fourth-order valence-electron chi connectivity index (χ4n) is 3.04. The molecule has 1 atom stereocenters. The molecule has 18 heavy (non-hydrogen) atoms. The minimum Gasteiger partial charge on any atom is -0.508 e. The summed E-state index contributed by atoms with van der Waals surface area (Å²) in [6, 6.07) is 7.54. The van der Waals surface area contributed by atoms with Crippen molar-refractivity contribution < 1.29 is 9.84 Å². The summed E-state index contributed by atoms with van der Waals surface area (Å²) >= 11 is 0. The molecular formula is C16H24O2. The van der Waals surface area contributed by atoms with Gasteiger partial charge in [-0.15, -0.1) is 0 Å². The van der Waals surface area contributed by atoms with Crippen LogP contribution in [0.3, 0.4) is 0 Å². The van der Waals surface area contributed by atoms with Crippen LogP contribution in [0.15, 0.2) is 24.3 Å². The number of benzene rings is 1. The second kappa shape index (κ2) is 5.75. The molecule has 0 radical (unpaired) electrons.